The maximum absolute atomic E-state index is 3.48. The van der Waals surface area contributed by atoms with Gasteiger partial charge >= 0.3 is 0 Å². The topological polar surface area (TPSA) is 15.3 Å². The van der Waals surface area contributed by atoms with E-state index in [4.69, 9.17) is 0 Å². The molecule has 0 aliphatic carbocycles. The number of rotatable bonds is 3. The van der Waals surface area contributed by atoms with Crippen LogP contribution < -0.4 is 10.2 Å². The first-order chi connectivity index (χ1) is 7.68. The Morgan fingerprint density at radius 3 is 2.94 bits per heavy atom. The van der Waals surface area contributed by atoms with Gasteiger partial charge in [0.1, 0.15) is 0 Å². The van der Waals surface area contributed by atoms with Crippen LogP contribution in [-0.4, -0.2) is 20.1 Å². The van der Waals surface area contributed by atoms with Gasteiger partial charge in [-0.1, -0.05) is 19.9 Å². The Bertz CT molecular complexity index is 358. The lowest BCUT2D eigenvalue weighted by Gasteiger charge is -2.28. The van der Waals surface area contributed by atoms with Gasteiger partial charge in [-0.05, 0) is 36.5 Å². The highest BCUT2D eigenvalue weighted by molar-refractivity contribution is 5.67. The van der Waals surface area contributed by atoms with E-state index in [0.29, 0.717) is 5.92 Å². The number of fused-ring (bicyclic) bond motifs is 1. The molecule has 0 amide bonds. The van der Waals surface area contributed by atoms with Gasteiger partial charge in [-0.3, -0.25) is 0 Å². The molecule has 1 aliphatic heterocycles. The average molecular weight is 218 g/mol. The van der Waals surface area contributed by atoms with E-state index in [1.54, 1.807) is 0 Å². The summed E-state index contributed by atoms with van der Waals surface area (Å²) in [6.07, 6.45) is 2.46. The van der Waals surface area contributed by atoms with Gasteiger partial charge in [-0.2, -0.15) is 0 Å². The minimum absolute atomic E-state index is 0.706. The molecule has 1 heterocycles. The van der Waals surface area contributed by atoms with Crippen molar-refractivity contribution in [2.45, 2.75) is 26.7 Å². The smallest absolute Gasteiger partial charge is 0.0417 e. The summed E-state index contributed by atoms with van der Waals surface area (Å²) in [6.45, 7) is 6.77. The number of hydrogen-bond acceptors (Lipinski definition) is 2. The van der Waals surface area contributed by atoms with Crippen molar-refractivity contribution in [3.05, 3.63) is 23.8 Å². The minimum Gasteiger partial charge on any atom is -0.385 e. The van der Waals surface area contributed by atoms with Crippen molar-refractivity contribution in [1.82, 2.24) is 0 Å². The molecule has 1 aromatic rings. The summed E-state index contributed by atoms with van der Waals surface area (Å²) in [7, 11) is 2.20. The highest BCUT2D eigenvalue weighted by Gasteiger charge is 2.15. The first kappa shape index (κ1) is 11.3. The van der Waals surface area contributed by atoms with Crippen LogP contribution in [0.3, 0.4) is 0 Å². The van der Waals surface area contributed by atoms with Crippen molar-refractivity contribution in [3.63, 3.8) is 0 Å². The van der Waals surface area contributed by atoms with Gasteiger partial charge in [0.25, 0.3) is 0 Å². The predicted molar refractivity (Wildman–Crippen MR) is 71.4 cm³/mol. The lowest BCUT2D eigenvalue weighted by Crippen LogP contribution is -2.25. The van der Waals surface area contributed by atoms with E-state index in [2.05, 4.69) is 49.3 Å². The predicted octanol–water partition coefficient (Wildman–Crippen LogP) is 3.14. The van der Waals surface area contributed by atoms with Crippen LogP contribution in [0.15, 0.2) is 18.2 Å². The minimum atomic E-state index is 0.706. The maximum atomic E-state index is 3.48. The summed E-state index contributed by atoms with van der Waals surface area (Å²) in [5.74, 6) is 0.706. The highest BCUT2D eigenvalue weighted by atomic mass is 15.1. The fraction of sp³-hybridized carbons (Fsp3) is 0.571. The second kappa shape index (κ2) is 4.77. The summed E-state index contributed by atoms with van der Waals surface area (Å²) in [5.41, 5.74) is 4.23. The SMILES string of the molecule is CC(C)CN(C)c1cccc2c1CCCN2. The normalized spacial score (nSPS) is 14.5. The van der Waals surface area contributed by atoms with Crippen LogP contribution in [0.2, 0.25) is 0 Å². The van der Waals surface area contributed by atoms with E-state index in [0.717, 1.165) is 13.1 Å². The molecule has 2 nitrogen and oxygen atoms in total. The third-order valence-corrected chi connectivity index (χ3v) is 3.12. The van der Waals surface area contributed by atoms with E-state index < -0.39 is 0 Å². The van der Waals surface area contributed by atoms with Crippen LogP contribution >= 0.6 is 0 Å². The fourth-order valence-corrected chi connectivity index (χ4v) is 2.49. The largest absolute Gasteiger partial charge is 0.385 e. The lowest BCUT2D eigenvalue weighted by atomic mass is 10.0. The molecule has 0 spiro atoms. The number of nitrogens with zero attached hydrogens (tertiary/aromatic N) is 1. The van der Waals surface area contributed by atoms with Crippen molar-refractivity contribution in [1.29, 1.82) is 0 Å². The zero-order valence-electron chi connectivity index (χ0n) is 10.6. The van der Waals surface area contributed by atoms with Crippen molar-refractivity contribution < 1.29 is 0 Å². The molecule has 1 aromatic carbocycles. The summed E-state index contributed by atoms with van der Waals surface area (Å²) >= 11 is 0. The second-order valence-electron chi connectivity index (χ2n) is 5.11. The molecular formula is C14H22N2. The zero-order valence-corrected chi connectivity index (χ0v) is 10.6. The molecule has 0 atom stereocenters. The summed E-state index contributed by atoms with van der Waals surface area (Å²) in [4.78, 5) is 2.39. The Morgan fingerprint density at radius 2 is 2.19 bits per heavy atom. The van der Waals surface area contributed by atoms with Gasteiger partial charge in [-0.15, -0.1) is 0 Å². The Kier molecular flexibility index (Phi) is 3.37. The van der Waals surface area contributed by atoms with Gasteiger partial charge in [0.15, 0.2) is 0 Å². The quantitative estimate of drug-likeness (QED) is 0.838. The van der Waals surface area contributed by atoms with E-state index in [1.165, 1.54) is 29.8 Å². The van der Waals surface area contributed by atoms with Crippen molar-refractivity contribution in [3.8, 4) is 0 Å². The number of nitrogens with one attached hydrogen (secondary N) is 1. The number of hydrogen-bond donors (Lipinski definition) is 1. The monoisotopic (exact) mass is 218 g/mol. The van der Waals surface area contributed by atoms with E-state index in [1.807, 2.05) is 0 Å². The van der Waals surface area contributed by atoms with Crippen LogP contribution in [0.1, 0.15) is 25.8 Å². The molecule has 16 heavy (non-hydrogen) atoms. The van der Waals surface area contributed by atoms with Crippen molar-refractivity contribution in [2.75, 3.05) is 30.4 Å². The zero-order chi connectivity index (χ0) is 11.5. The Labute approximate surface area is 98.7 Å². The molecule has 2 rings (SSSR count). The molecule has 88 valence electrons. The fourth-order valence-electron chi connectivity index (χ4n) is 2.49. The highest BCUT2D eigenvalue weighted by Crippen LogP contribution is 2.31. The molecule has 0 aromatic heterocycles. The third kappa shape index (κ3) is 2.31. The lowest BCUT2D eigenvalue weighted by molar-refractivity contribution is 0.636. The second-order valence-corrected chi connectivity index (χ2v) is 5.11. The van der Waals surface area contributed by atoms with Gasteiger partial charge in [0, 0.05) is 31.5 Å². The summed E-state index contributed by atoms with van der Waals surface area (Å²) in [6, 6.07) is 6.60. The molecule has 0 bridgehead atoms. The van der Waals surface area contributed by atoms with E-state index in [-0.39, 0.29) is 0 Å². The van der Waals surface area contributed by atoms with Gasteiger partial charge in [0.2, 0.25) is 0 Å². The summed E-state index contributed by atoms with van der Waals surface area (Å²) < 4.78 is 0. The first-order valence-electron chi connectivity index (χ1n) is 6.25. The Morgan fingerprint density at radius 1 is 1.38 bits per heavy atom. The van der Waals surface area contributed by atoms with Gasteiger partial charge < -0.3 is 10.2 Å². The molecule has 1 N–H and O–H groups in total. The van der Waals surface area contributed by atoms with E-state index in [9.17, 15) is 0 Å². The molecular weight excluding hydrogens is 196 g/mol. The van der Waals surface area contributed by atoms with Crippen LogP contribution in [0, 0.1) is 5.92 Å². The Balaban J connectivity index is 2.26. The third-order valence-electron chi connectivity index (χ3n) is 3.12. The molecule has 0 fully saturated rings. The standard InChI is InChI=1S/C14H22N2/c1-11(2)10-16(3)14-8-4-7-13-12(14)6-5-9-15-13/h4,7-8,11,15H,5-6,9-10H2,1-3H3. The van der Waals surface area contributed by atoms with Crippen molar-refractivity contribution in [2.24, 2.45) is 5.92 Å². The van der Waals surface area contributed by atoms with Gasteiger partial charge in [0.05, 0.1) is 0 Å². The van der Waals surface area contributed by atoms with Crippen molar-refractivity contribution >= 4 is 11.4 Å². The number of anilines is 2. The molecule has 0 radical (unpaired) electrons. The van der Waals surface area contributed by atoms with Crippen LogP contribution in [0.4, 0.5) is 11.4 Å². The first-order valence-corrected chi connectivity index (χ1v) is 6.25. The van der Waals surface area contributed by atoms with Crippen LogP contribution in [0.5, 0.6) is 0 Å². The molecule has 1 aliphatic rings. The van der Waals surface area contributed by atoms with Crippen LogP contribution in [0.25, 0.3) is 0 Å². The summed E-state index contributed by atoms with van der Waals surface area (Å²) in [5, 5.41) is 3.48. The number of benzene rings is 1. The Hall–Kier alpha value is -1.18. The molecule has 0 saturated carbocycles. The van der Waals surface area contributed by atoms with E-state index >= 15 is 0 Å². The molecule has 0 saturated heterocycles. The average Bonchev–Trinajstić information content (AvgIpc) is 2.27. The molecule has 0 unspecified atom stereocenters. The van der Waals surface area contributed by atoms with Crippen LogP contribution in [-0.2, 0) is 6.42 Å². The molecule has 2 heteroatoms. The van der Waals surface area contributed by atoms with Gasteiger partial charge in [-0.25, -0.2) is 0 Å². The maximum Gasteiger partial charge on any atom is 0.0417 e.